The minimum atomic E-state index is -3.95. The Morgan fingerprint density at radius 3 is 1.42 bits per heavy atom. The summed E-state index contributed by atoms with van der Waals surface area (Å²) in [6.45, 7) is 4.69. The van der Waals surface area contributed by atoms with Gasteiger partial charge in [-0.15, -0.1) is 0 Å². The van der Waals surface area contributed by atoms with Crippen LogP contribution in [0.5, 0.6) is 0 Å². The highest BCUT2D eigenvalue weighted by atomic mass is 32.2. The monoisotopic (exact) mass is 363 g/mol. The topological polar surface area (TPSA) is 66.4 Å². The fourth-order valence-electron chi connectivity index (χ4n) is 3.04. The zero-order valence-electron chi connectivity index (χ0n) is 16.1. The molecule has 2 N–H and O–H groups in total. The lowest BCUT2D eigenvalue weighted by Gasteiger charge is -2.13. The average molecular weight is 364 g/mol. The van der Waals surface area contributed by atoms with Crippen molar-refractivity contribution in [3.05, 3.63) is 0 Å². The molecule has 1 unspecified atom stereocenters. The van der Waals surface area contributed by atoms with Gasteiger partial charge < -0.3 is 0 Å². The Kier molecular flexibility index (Phi) is 16.3. The van der Waals surface area contributed by atoms with Crippen molar-refractivity contribution in [3.8, 4) is 0 Å². The maximum atomic E-state index is 11.0. The Morgan fingerprint density at radius 1 is 0.708 bits per heavy atom. The van der Waals surface area contributed by atoms with Crippen LogP contribution < -0.4 is 5.32 Å². The van der Waals surface area contributed by atoms with Crippen molar-refractivity contribution in [1.82, 2.24) is 5.32 Å². The van der Waals surface area contributed by atoms with Gasteiger partial charge in [0.05, 0.1) is 0 Å². The molecule has 0 fully saturated rings. The second kappa shape index (κ2) is 16.3. The van der Waals surface area contributed by atoms with Crippen LogP contribution in [0.4, 0.5) is 0 Å². The summed E-state index contributed by atoms with van der Waals surface area (Å²) >= 11 is 0. The molecule has 0 aromatic rings. The summed E-state index contributed by atoms with van der Waals surface area (Å²) in [5.74, 6) is 0. The van der Waals surface area contributed by atoms with E-state index >= 15 is 0 Å². The molecule has 0 heterocycles. The maximum Gasteiger partial charge on any atom is 0.281 e. The van der Waals surface area contributed by atoms with Crippen molar-refractivity contribution in [3.63, 3.8) is 0 Å². The molecule has 0 saturated heterocycles. The third kappa shape index (κ3) is 15.4. The highest BCUT2D eigenvalue weighted by Gasteiger charge is 2.19. The lowest BCUT2D eigenvalue weighted by atomic mass is 10.0. The third-order valence-electron chi connectivity index (χ3n) is 4.63. The number of nitrogens with one attached hydrogen (secondary N) is 1. The fraction of sp³-hybridized carbons (Fsp3) is 1.00. The van der Waals surface area contributed by atoms with Crippen molar-refractivity contribution < 1.29 is 13.0 Å². The zero-order valence-corrected chi connectivity index (χ0v) is 16.9. The quantitative estimate of drug-likeness (QED) is 0.243. The van der Waals surface area contributed by atoms with E-state index in [1.807, 2.05) is 0 Å². The van der Waals surface area contributed by atoms with Crippen LogP contribution in [0, 0.1) is 0 Å². The van der Waals surface area contributed by atoms with Gasteiger partial charge in [-0.05, 0) is 19.4 Å². The molecule has 0 rings (SSSR count). The molecule has 1 atom stereocenters. The van der Waals surface area contributed by atoms with E-state index in [4.69, 9.17) is 4.55 Å². The van der Waals surface area contributed by atoms with Crippen molar-refractivity contribution in [2.24, 2.45) is 0 Å². The van der Waals surface area contributed by atoms with Crippen molar-refractivity contribution in [2.45, 2.75) is 116 Å². The first-order chi connectivity index (χ1) is 11.5. The van der Waals surface area contributed by atoms with E-state index < -0.39 is 15.5 Å². The maximum absolute atomic E-state index is 11.0. The summed E-state index contributed by atoms with van der Waals surface area (Å²) in [4.78, 5) is 0. The SMILES string of the molecule is CCCCCCCCCCCCCCCCNC(CC)S(=O)(=O)O. The second-order valence-electron chi connectivity index (χ2n) is 6.96. The summed E-state index contributed by atoms with van der Waals surface area (Å²) in [5.41, 5.74) is 0. The molecule has 146 valence electrons. The molecule has 5 heteroatoms. The Bertz CT molecular complexity index is 358. The molecule has 0 radical (unpaired) electrons. The Balaban J connectivity index is 3.23. The Hall–Kier alpha value is -0.130. The number of hydrogen-bond donors (Lipinski definition) is 2. The van der Waals surface area contributed by atoms with Gasteiger partial charge in [0.1, 0.15) is 5.37 Å². The summed E-state index contributed by atoms with van der Waals surface area (Å²) in [7, 11) is -3.95. The lowest BCUT2D eigenvalue weighted by molar-refractivity contribution is 0.441. The molecular formula is C19H41NO3S. The summed E-state index contributed by atoms with van der Waals surface area (Å²) < 4.78 is 31.1. The van der Waals surface area contributed by atoms with Gasteiger partial charge >= 0.3 is 0 Å². The van der Waals surface area contributed by atoms with E-state index in [0.29, 0.717) is 13.0 Å². The van der Waals surface area contributed by atoms with Crippen LogP contribution in [0.2, 0.25) is 0 Å². The molecule has 0 amide bonds. The minimum Gasteiger partial charge on any atom is -0.299 e. The predicted molar refractivity (Wildman–Crippen MR) is 104 cm³/mol. The van der Waals surface area contributed by atoms with Crippen LogP contribution in [-0.2, 0) is 10.1 Å². The van der Waals surface area contributed by atoms with E-state index in [2.05, 4.69) is 12.2 Å². The Labute approximate surface area is 150 Å². The first kappa shape index (κ1) is 23.9. The molecule has 0 bridgehead atoms. The average Bonchev–Trinajstić information content (AvgIpc) is 2.53. The standard InChI is InChI=1S/C19H41NO3S/c1-3-5-6-7-8-9-10-11-12-13-14-15-16-17-18-20-19(4-2)24(21,22)23/h19-20H,3-18H2,1-2H3,(H,21,22,23). The van der Waals surface area contributed by atoms with Crippen LogP contribution in [0.1, 0.15) is 110 Å². The summed E-state index contributed by atoms with van der Waals surface area (Å²) in [6, 6.07) is 0. The first-order valence-electron chi connectivity index (χ1n) is 10.2. The molecule has 4 nitrogen and oxygen atoms in total. The highest BCUT2D eigenvalue weighted by Crippen LogP contribution is 2.12. The molecule has 0 aromatic carbocycles. The van der Waals surface area contributed by atoms with E-state index in [1.165, 1.54) is 77.0 Å². The smallest absolute Gasteiger partial charge is 0.281 e. The van der Waals surface area contributed by atoms with Gasteiger partial charge in [-0.25, -0.2) is 0 Å². The number of unbranched alkanes of at least 4 members (excludes halogenated alkanes) is 13. The largest absolute Gasteiger partial charge is 0.299 e. The Morgan fingerprint density at radius 2 is 1.08 bits per heavy atom. The third-order valence-corrected chi connectivity index (χ3v) is 5.85. The molecule has 0 aliphatic rings. The van der Waals surface area contributed by atoms with Crippen molar-refractivity contribution in [1.29, 1.82) is 0 Å². The number of hydrogen-bond acceptors (Lipinski definition) is 3. The first-order valence-corrected chi connectivity index (χ1v) is 11.7. The van der Waals surface area contributed by atoms with Gasteiger partial charge in [0, 0.05) is 0 Å². The molecule has 0 aromatic heterocycles. The predicted octanol–water partition coefficient (Wildman–Crippen LogP) is 5.68. The lowest BCUT2D eigenvalue weighted by Crippen LogP contribution is -2.36. The molecule has 0 aliphatic carbocycles. The van der Waals surface area contributed by atoms with Crippen LogP contribution in [-0.4, -0.2) is 24.9 Å². The second-order valence-corrected chi connectivity index (χ2v) is 8.56. The minimum absolute atomic E-state index is 0.400. The van der Waals surface area contributed by atoms with Crippen LogP contribution in [0.25, 0.3) is 0 Å². The highest BCUT2D eigenvalue weighted by molar-refractivity contribution is 7.86. The normalized spacial score (nSPS) is 13.3. The molecule has 0 spiro atoms. The summed E-state index contributed by atoms with van der Waals surface area (Å²) in [5, 5.41) is 2.11. The van der Waals surface area contributed by atoms with Gasteiger partial charge in [-0.3, -0.25) is 9.87 Å². The molecule has 0 saturated carbocycles. The van der Waals surface area contributed by atoms with Gasteiger partial charge in [-0.1, -0.05) is 97.3 Å². The van der Waals surface area contributed by atoms with Crippen LogP contribution in [0.3, 0.4) is 0 Å². The van der Waals surface area contributed by atoms with Crippen molar-refractivity contribution in [2.75, 3.05) is 6.54 Å². The van der Waals surface area contributed by atoms with Gasteiger partial charge in [-0.2, -0.15) is 8.42 Å². The molecule has 24 heavy (non-hydrogen) atoms. The zero-order chi connectivity index (χ0) is 18.1. The van der Waals surface area contributed by atoms with E-state index in [9.17, 15) is 8.42 Å². The molecule has 0 aliphatic heterocycles. The summed E-state index contributed by atoms with van der Waals surface area (Å²) in [6.07, 6.45) is 18.8. The van der Waals surface area contributed by atoms with Crippen molar-refractivity contribution >= 4 is 10.1 Å². The van der Waals surface area contributed by atoms with E-state index in [0.717, 1.165) is 12.8 Å². The van der Waals surface area contributed by atoms with E-state index in [1.54, 1.807) is 6.92 Å². The van der Waals surface area contributed by atoms with Gasteiger partial charge in [0.2, 0.25) is 0 Å². The fourth-order valence-corrected chi connectivity index (χ4v) is 3.79. The molecular weight excluding hydrogens is 322 g/mol. The van der Waals surface area contributed by atoms with Gasteiger partial charge in [0.25, 0.3) is 10.1 Å². The number of rotatable bonds is 18. The van der Waals surface area contributed by atoms with Crippen LogP contribution >= 0.6 is 0 Å². The van der Waals surface area contributed by atoms with Gasteiger partial charge in [0.15, 0.2) is 0 Å². The van der Waals surface area contributed by atoms with E-state index in [-0.39, 0.29) is 0 Å². The van der Waals surface area contributed by atoms with Crippen LogP contribution in [0.15, 0.2) is 0 Å².